The molecule has 0 aliphatic carbocycles. The molecule has 1 N–H and O–H groups in total. The first-order valence-electron chi connectivity index (χ1n) is 6.27. The summed E-state index contributed by atoms with van der Waals surface area (Å²) in [4.78, 5) is 1.08. The Morgan fingerprint density at radius 1 is 1.16 bits per heavy atom. The number of aryl methyl sites for hydroxylation is 2. The van der Waals surface area contributed by atoms with Crippen molar-refractivity contribution in [2.45, 2.75) is 26.8 Å². The first kappa shape index (κ1) is 14.2. The van der Waals surface area contributed by atoms with Crippen LogP contribution in [0.2, 0.25) is 0 Å². The van der Waals surface area contributed by atoms with Crippen molar-refractivity contribution in [1.29, 1.82) is 0 Å². The second kappa shape index (κ2) is 5.80. The van der Waals surface area contributed by atoms with Crippen LogP contribution in [-0.4, -0.2) is 6.54 Å². The molecule has 0 fully saturated rings. The number of halogens is 2. The van der Waals surface area contributed by atoms with E-state index in [9.17, 15) is 8.78 Å². The van der Waals surface area contributed by atoms with Crippen molar-refractivity contribution in [3.05, 3.63) is 56.8 Å². The molecule has 0 aliphatic heterocycles. The summed E-state index contributed by atoms with van der Waals surface area (Å²) in [5, 5.41) is 5.27. The van der Waals surface area contributed by atoms with Gasteiger partial charge in [0.15, 0.2) is 0 Å². The Morgan fingerprint density at radius 3 is 2.47 bits per heavy atom. The highest BCUT2D eigenvalue weighted by Gasteiger charge is 2.21. The number of hydrogen-bond acceptors (Lipinski definition) is 2. The fourth-order valence-corrected chi connectivity index (χ4v) is 3.15. The molecular formula is C15H17F2NS. The minimum absolute atomic E-state index is 0.218. The summed E-state index contributed by atoms with van der Waals surface area (Å²) in [6, 6.07) is 4.36. The van der Waals surface area contributed by atoms with E-state index in [0.29, 0.717) is 11.1 Å². The van der Waals surface area contributed by atoms with Gasteiger partial charge >= 0.3 is 0 Å². The van der Waals surface area contributed by atoms with Gasteiger partial charge in [-0.05, 0) is 49.0 Å². The third kappa shape index (κ3) is 2.85. The Hall–Kier alpha value is -1.26. The van der Waals surface area contributed by atoms with Crippen LogP contribution in [0.3, 0.4) is 0 Å². The average Bonchev–Trinajstić information content (AvgIpc) is 2.77. The first-order valence-corrected chi connectivity index (χ1v) is 7.15. The fraction of sp³-hybridized carbons (Fsp3) is 0.333. The van der Waals surface area contributed by atoms with Crippen molar-refractivity contribution in [3.63, 3.8) is 0 Å². The van der Waals surface area contributed by atoms with Gasteiger partial charge in [-0.15, -0.1) is 11.3 Å². The first-order chi connectivity index (χ1) is 9.04. The molecule has 0 bridgehead atoms. The van der Waals surface area contributed by atoms with E-state index in [1.54, 1.807) is 24.3 Å². The molecule has 1 nitrogen and oxygen atoms in total. The number of hydrogen-bond donors (Lipinski definition) is 1. The Kier molecular flexibility index (Phi) is 4.32. The second-order valence-corrected chi connectivity index (χ2v) is 5.53. The minimum Gasteiger partial charge on any atom is -0.306 e. The Morgan fingerprint density at radius 2 is 1.89 bits per heavy atom. The van der Waals surface area contributed by atoms with Crippen LogP contribution in [-0.2, 0) is 0 Å². The van der Waals surface area contributed by atoms with Crippen molar-refractivity contribution < 1.29 is 8.78 Å². The zero-order valence-electron chi connectivity index (χ0n) is 11.3. The van der Waals surface area contributed by atoms with Gasteiger partial charge in [-0.1, -0.05) is 6.92 Å². The average molecular weight is 281 g/mol. The lowest BCUT2D eigenvalue weighted by Gasteiger charge is -2.19. The topological polar surface area (TPSA) is 12.0 Å². The Labute approximate surface area is 116 Å². The summed E-state index contributed by atoms with van der Waals surface area (Å²) < 4.78 is 27.4. The van der Waals surface area contributed by atoms with Crippen LogP contribution in [0, 0.1) is 25.5 Å². The predicted molar refractivity (Wildman–Crippen MR) is 75.7 cm³/mol. The lowest BCUT2D eigenvalue weighted by Crippen LogP contribution is -2.23. The molecule has 2 aromatic rings. The van der Waals surface area contributed by atoms with Crippen LogP contribution >= 0.6 is 11.3 Å². The maximum Gasteiger partial charge on any atom is 0.131 e. The number of rotatable bonds is 4. The second-order valence-electron chi connectivity index (χ2n) is 4.58. The van der Waals surface area contributed by atoms with Crippen LogP contribution in [0.1, 0.15) is 34.5 Å². The third-order valence-electron chi connectivity index (χ3n) is 3.16. The molecule has 4 heteroatoms. The lowest BCUT2D eigenvalue weighted by molar-refractivity contribution is 0.539. The van der Waals surface area contributed by atoms with Crippen LogP contribution in [0.4, 0.5) is 8.78 Å². The predicted octanol–water partition coefficient (Wildman–Crippen LogP) is 4.34. The molecule has 1 atom stereocenters. The molecule has 0 saturated heterocycles. The van der Waals surface area contributed by atoms with Crippen molar-refractivity contribution in [1.82, 2.24) is 5.32 Å². The number of thiophene rings is 1. The molecule has 19 heavy (non-hydrogen) atoms. The fourth-order valence-electron chi connectivity index (χ4n) is 2.13. The molecule has 1 unspecified atom stereocenters. The minimum atomic E-state index is -0.501. The summed E-state index contributed by atoms with van der Waals surface area (Å²) in [5.41, 5.74) is 2.09. The van der Waals surface area contributed by atoms with Crippen LogP contribution in [0.25, 0.3) is 0 Å². The molecule has 1 heterocycles. The van der Waals surface area contributed by atoms with Crippen LogP contribution < -0.4 is 5.32 Å². The van der Waals surface area contributed by atoms with Crippen molar-refractivity contribution >= 4 is 11.3 Å². The van der Waals surface area contributed by atoms with E-state index in [0.717, 1.165) is 23.1 Å². The summed E-state index contributed by atoms with van der Waals surface area (Å²) in [5.74, 6) is -0.999. The molecule has 0 radical (unpaired) electrons. The Balaban J connectivity index is 2.51. The van der Waals surface area contributed by atoms with Crippen LogP contribution in [0.15, 0.2) is 23.6 Å². The SMILES string of the molecule is CCNC(c1cc(C)c(F)cc1F)c1sccc1C. The van der Waals surface area contributed by atoms with E-state index < -0.39 is 11.6 Å². The molecule has 0 spiro atoms. The van der Waals surface area contributed by atoms with E-state index in [4.69, 9.17) is 0 Å². The number of benzene rings is 1. The van der Waals surface area contributed by atoms with Gasteiger partial charge in [-0.25, -0.2) is 8.78 Å². The van der Waals surface area contributed by atoms with Crippen molar-refractivity contribution in [2.75, 3.05) is 6.54 Å². The van der Waals surface area contributed by atoms with Gasteiger partial charge in [0.25, 0.3) is 0 Å². The summed E-state index contributed by atoms with van der Waals surface area (Å²) in [6.45, 7) is 6.36. The van der Waals surface area contributed by atoms with Gasteiger partial charge < -0.3 is 5.32 Å². The van der Waals surface area contributed by atoms with Gasteiger partial charge in [0.05, 0.1) is 6.04 Å². The van der Waals surface area contributed by atoms with Gasteiger partial charge in [0.2, 0.25) is 0 Å². The third-order valence-corrected chi connectivity index (χ3v) is 4.24. The molecule has 0 aliphatic rings. The van der Waals surface area contributed by atoms with E-state index in [-0.39, 0.29) is 6.04 Å². The maximum atomic E-state index is 14.1. The molecule has 102 valence electrons. The monoisotopic (exact) mass is 281 g/mol. The van der Waals surface area contributed by atoms with Crippen LogP contribution in [0.5, 0.6) is 0 Å². The van der Waals surface area contributed by atoms with E-state index >= 15 is 0 Å². The van der Waals surface area contributed by atoms with E-state index in [2.05, 4.69) is 5.32 Å². The Bertz CT molecular complexity index is 578. The van der Waals surface area contributed by atoms with Gasteiger partial charge in [-0.2, -0.15) is 0 Å². The zero-order valence-corrected chi connectivity index (χ0v) is 12.1. The quantitative estimate of drug-likeness (QED) is 0.879. The molecule has 0 amide bonds. The lowest BCUT2D eigenvalue weighted by atomic mass is 10.00. The standard InChI is InChI=1S/C15H17F2NS/c1-4-18-14(15-9(2)5-6-19-15)11-7-10(3)12(16)8-13(11)17/h5-8,14,18H,4H2,1-3H3. The van der Waals surface area contributed by atoms with E-state index in [1.807, 2.05) is 25.3 Å². The molecule has 2 rings (SSSR count). The summed E-state index contributed by atoms with van der Waals surface area (Å²) in [7, 11) is 0. The van der Waals surface area contributed by atoms with Gasteiger partial charge in [0, 0.05) is 16.5 Å². The zero-order chi connectivity index (χ0) is 14.0. The largest absolute Gasteiger partial charge is 0.306 e. The molecule has 0 saturated carbocycles. The summed E-state index contributed by atoms with van der Waals surface area (Å²) in [6.07, 6.45) is 0. The highest BCUT2D eigenvalue weighted by Crippen LogP contribution is 2.31. The van der Waals surface area contributed by atoms with E-state index in [1.165, 1.54) is 0 Å². The molecule has 1 aromatic carbocycles. The highest BCUT2D eigenvalue weighted by molar-refractivity contribution is 7.10. The van der Waals surface area contributed by atoms with Gasteiger partial charge in [-0.3, -0.25) is 0 Å². The molecule has 1 aromatic heterocycles. The maximum absolute atomic E-state index is 14.1. The van der Waals surface area contributed by atoms with Crippen molar-refractivity contribution in [2.24, 2.45) is 0 Å². The van der Waals surface area contributed by atoms with Gasteiger partial charge in [0.1, 0.15) is 11.6 Å². The highest BCUT2D eigenvalue weighted by atomic mass is 32.1. The smallest absolute Gasteiger partial charge is 0.131 e. The normalized spacial score (nSPS) is 12.7. The number of nitrogens with one attached hydrogen (secondary N) is 1. The molecular weight excluding hydrogens is 264 g/mol. The van der Waals surface area contributed by atoms with Crippen molar-refractivity contribution in [3.8, 4) is 0 Å². The summed E-state index contributed by atoms with van der Waals surface area (Å²) >= 11 is 1.59.